The van der Waals surface area contributed by atoms with Crippen molar-refractivity contribution < 1.29 is 22.4 Å². The average Bonchev–Trinajstić information content (AvgIpc) is 2.76. The van der Waals surface area contributed by atoms with Crippen molar-refractivity contribution >= 4 is 39.3 Å². The standard InChI is InChI=1S/C21H26ClFN4O4S/c1-15(21(29)24-2)26(13-16-9-5-6-10-17(16)22)20(28)14-27(32(30,31)25(3)4)19-12-8-7-11-18(19)23/h5-12,15H,13-14H2,1-4H3,(H,24,29)/t15-/m0/s1. The Labute approximate surface area is 192 Å². The Bertz CT molecular complexity index is 1080. The molecule has 2 aromatic rings. The molecule has 0 saturated heterocycles. The Morgan fingerprint density at radius 1 is 1.09 bits per heavy atom. The third-order valence-electron chi connectivity index (χ3n) is 4.85. The molecule has 0 radical (unpaired) electrons. The van der Waals surface area contributed by atoms with Crippen LogP contribution < -0.4 is 9.62 Å². The molecule has 2 rings (SSSR count). The van der Waals surface area contributed by atoms with Crippen LogP contribution in [0.3, 0.4) is 0 Å². The first-order valence-electron chi connectivity index (χ1n) is 9.69. The lowest BCUT2D eigenvalue weighted by Crippen LogP contribution is -2.52. The molecule has 11 heteroatoms. The van der Waals surface area contributed by atoms with Crippen molar-refractivity contribution in [1.29, 1.82) is 0 Å². The van der Waals surface area contributed by atoms with Gasteiger partial charge < -0.3 is 10.2 Å². The second-order valence-electron chi connectivity index (χ2n) is 7.15. The van der Waals surface area contributed by atoms with E-state index >= 15 is 0 Å². The van der Waals surface area contributed by atoms with Gasteiger partial charge in [-0.15, -0.1) is 0 Å². The molecule has 32 heavy (non-hydrogen) atoms. The SMILES string of the molecule is CNC(=O)[C@H](C)N(Cc1ccccc1Cl)C(=O)CN(c1ccccc1F)S(=O)(=O)N(C)C. The van der Waals surface area contributed by atoms with Gasteiger partial charge in [-0.05, 0) is 30.7 Å². The Kier molecular flexibility index (Phi) is 8.59. The summed E-state index contributed by atoms with van der Waals surface area (Å²) < 4.78 is 41.9. The Hall–Kier alpha value is -2.69. The van der Waals surface area contributed by atoms with Gasteiger partial charge in [0.05, 0.1) is 5.69 Å². The molecule has 2 aromatic carbocycles. The molecule has 0 aromatic heterocycles. The van der Waals surface area contributed by atoms with Gasteiger partial charge in [0.1, 0.15) is 18.4 Å². The van der Waals surface area contributed by atoms with E-state index in [1.165, 1.54) is 51.2 Å². The van der Waals surface area contributed by atoms with E-state index in [4.69, 9.17) is 11.6 Å². The molecule has 0 heterocycles. The summed E-state index contributed by atoms with van der Waals surface area (Å²) in [5.74, 6) is -1.95. The number of rotatable bonds is 9. The second-order valence-corrected chi connectivity index (χ2v) is 9.63. The number of nitrogens with zero attached hydrogens (tertiary/aromatic N) is 3. The smallest absolute Gasteiger partial charge is 0.304 e. The van der Waals surface area contributed by atoms with Gasteiger partial charge in [0.25, 0.3) is 0 Å². The molecular weight excluding hydrogens is 459 g/mol. The quantitative estimate of drug-likeness (QED) is 0.591. The fraction of sp³-hybridized carbons (Fsp3) is 0.333. The van der Waals surface area contributed by atoms with E-state index in [0.29, 0.717) is 14.9 Å². The van der Waals surface area contributed by atoms with Crippen molar-refractivity contribution in [3.63, 3.8) is 0 Å². The highest BCUT2D eigenvalue weighted by Gasteiger charge is 2.33. The number of halogens is 2. The minimum atomic E-state index is -4.22. The number of hydrogen-bond donors (Lipinski definition) is 1. The zero-order valence-electron chi connectivity index (χ0n) is 18.2. The minimum absolute atomic E-state index is 0.0415. The van der Waals surface area contributed by atoms with Gasteiger partial charge >= 0.3 is 10.2 Å². The zero-order valence-corrected chi connectivity index (χ0v) is 19.8. The van der Waals surface area contributed by atoms with Gasteiger partial charge in [-0.3, -0.25) is 9.59 Å². The number of hydrogen-bond acceptors (Lipinski definition) is 4. The number of benzene rings is 2. The van der Waals surface area contributed by atoms with Crippen molar-refractivity contribution in [3.8, 4) is 0 Å². The summed E-state index contributed by atoms with van der Waals surface area (Å²) in [4.78, 5) is 26.9. The van der Waals surface area contributed by atoms with Crippen LogP contribution in [0, 0.1) is 5.82 Å². The van der Waals surface area contributed by atoms with Crippen LogP contribution in [0.2, 0.25) is 5.02 Å². The fourth-order valence-electron chi connectivity index (χ4n) is 2.96. The fourth-order valence-corrected chi connectivity index (χ4v) is 4.22. The van der Waals surface area contributed by atoms with E-state index in [1.807, 2.05) is 0 Å². The van der Waals surface area contributed by atoms with Crippen LogP contribution in [0.4, 0.5) is 10.1 Å². The van der Waals surface area contributed by atoms with Crippen molar-refractivity contribution in [2.45, 2.75) is 19.5 Å². The first-order chi connectivity index (χ1) is 15.0. The molecule has 174 valence electrons. The van der Waals surface area contributed by atoms with Crippen LogP contribution >= 0.6 is 11.6 Å². The highest BCUT2D eigenvalue weighted by atomic mass is 35.5. The van der Waals surface area contributed by atoms with Gasteiger partial charge in [-0.25, -0.2) is 8.70 Å². The molecular formula is C21H26ClFN4O4S. The number of amides is 2. The number of likely N-dealkylation sites (N-methyl/N-ethyl adjacent to an activating group) is 1. The molecule has 1 atom stereocenters. The molecule has 8 nitrogen and oxygen atoms in total. The molecule has 0 fully saturated rings. The Balaban J connectivity index is 2.48. The molecule has 0 saturated carbocycles. The van der Waals surface area contributed by atoms with Crippen molar-refractivity contribution in [2.75, 3.05) is 32.0 Å². The highest BCUT2D eigenvalue weighted by molar-refractivity contribution is 7.90. The van der Waals surface area contributed by atoms with E-state index in [9.17, 15) is 22.4 Å². The summed E-state index contributed by atoms with van der Waals surface area (Å²) in [5, 5.41) is 2.87. The van der Waals surface area contributed by atoms with E-state index in [-0.39, 0.29) is 12.2 Å². The summed E-state index contributed by atoms with van der Waals surface area (Å²) in [7, 11) is -0.233. The molecule has 1 N–H and O–H groups in total. The van der Waals surface area contributed by atoms with Crippen LogP contribution in [0.25, 0.3) is 0 Å². The van der Waals surface area contributed by atoms with Crippen LogP contribution in [0.15, 0.2) is 48.5 Å². The lowest BCUT2D eigenvalue weighted by Gasteiger charge is -2.32. The van der Waals surface area contributed by atoms with Gasteiger partial charge in [0, 0.05) is 32.7 Å². The number of anilines is 1. The summed E-state index contributed by atoms with van der Waals surface area (Å²) in [6.45, 7) is 0.759. The first-order valence-corrected chi connectivity index (χ1v) is 11.5. The van der Waals surface area contributed by atoms with Gasteiger partial charge in [0.2, 0.25) is 11.8 Å². The second kappa shape index (κ2) is 10.8. The molecule has 0 aliphatic rings. The molecule has 2 amide bonds. The molecule has 0 unspecified atom stereocenters. The van der Waals surface area contributed by atoms with Gasteiger partial charge in [-0.2, -0.15) is 12.7 Å². The molecule has 0 bridgehead atoms. The van der Waals surface area contributed by atoms with Crippen molar-refractivity contribution in [1.82, 2.24) is 14.5 Å². The van der Waals surface area contributed by atoms with Crippen molar-refractivity contribution in [2.24, 2.45) is 0 Å². The van der Waals surface area contributed by atoms with Crippen LogP contribution in [-0.2, 0) is 26.3 Å². The van der Waals surface area contributed by atoms with E-state index in [2.05, 4.69) is 5.32 Å². The topological polar surface area (TPSA) is 90.0 Å². The summed E-state index contributed by atoms with van der Waals surface area (Å²) in [6, 6.07) is 11.1. The maximum atomic E-state index is 14.5. The zero-order chi connectivity index (χ0) is 24.1. The predicted octanol–water partition coefficient (Wildman–Crippen LogP) is 2.26. The third kappa shape index (κ3) is 5.76. The largest absolute Gasteiger partial charge is 0.357 e. The Morgan fingerprint density at radius 2 is 1.69 bits per heavy atom. The lowest BCUT2D eigenvalue weighted by molar-refractivity contribution is -0.139. The summed E-state index contributed by atoms with van der Waals surface area (Å²) >= 11 is 6.23. The molecule has 0 aliphatic carbocycles. The minimum Gasteiger partial charge on any atom is -0.357 e. The van der Waals surface area contributed by atoms with Crippen LogP contribution in [-0.4, -0.2) is 63.2 Å². The molecule has 0 aliphatic heterocycles. The third-order valence-corrected chi connectivity index (χ3v) is 7.03. The molecule has 0 spiro atoms. The van der Waals surface area contributed by atoms with E-state index < -0.39 is 40.4 Å². The first kappa shape index (κ1) is 25.6. The summed E-state index contributed by atoms with van der Waals surface area (Å²) in [6.07, 6.45) is 0. The normalized spacial score (nSPS) is 12.3. The number of nitrogens with one attached hydrogen (secondary N) is 1. The van der Waals surface area contributed by atoms with Crippen LogP contribution in [0.5, 0.6) is 0 Å². The maximum absolute atomic E-state index is 14.5. The number of carbonyl (C=O) groups excluding carboxylic acids is 2. The average molecular weight is 485 g/mol. The van der Waals surface area contributed by atoms with Crippen molar-refractivity contribution in [3.05, 3.63) is 64.9 Å². The van der Waals surface area contributed by atoms with E-state index in [0.717, 1.165) is 10.4 Å². The number of para-hydroxylation sites is 1. The Morgan fingerprint density at radius 3 is 2.25 bits per heavy atom. The monoisotopic (exact) mass is 484 g/mol. The predicted molar refractivity (Wildman–Crippen MR) is 122 cm³/mol. The summed E-state index contributed by atoms with van der Waals surface area (Å²) in [5.41, 5.74) is 0.297. The van der Waals surface area contributed by atoms with Crippen LogP contribution in [0.1, 0.15) is 12.5 Å². The lowest BCUT2D eigenvalue weighted by atomic mass is 10.1. The maximum Gasteiger partial charge on any atom is 0.304 e. The number of carbonyl (C=O) groups is 2. The van der Waals surface area contributed by atoms with Gasteiger partial charge in [-0.1, -0.05) is 41.9 Å². The van der Waals surface area contributed by atoms with E-state index in [1.54, 1.807) is 24.3 Å². The highest BCUT2D eigenvalue weighted by Crippen LogP contribution is 2.24. The van der Waals surface area contributed by atoms with Gasteiger partial charge in [0.15, 0.2) is 0 Å².